The highest BCUT2D eigenvalue weighted by molar-refractivity contribution is 6.30. The molecule has 0 aromatic heterocycles. The average Bonchev–Trinajstić information content (AvgIpc) is 2.92. The van der Waals surface area contributed by atoms with E-state index in [0.717, 1.165) is 4.90 Å². The summed E-state index contributed by atoms with van der Waals surface area (Å²) in [6.07, 6.45) is 0. The topological polar surface area (TPSA) is 79.0 Å². The molecule has 3 rings (SSSR count). The van der Waals surface area contributed by atoms with Crippen LogP contribution in [-0.2, 0) is 21.7 Å². The molecule has 0 aliphatic carbocycles. The van der Waals surface area contributed by atoms with E-state index in [1.165, 1.54) is 31.2 Å². The lowest BCUT2D eigenvalue weighted by molar-refractivity contribution is -0.138. The van der Waals surface area contributed by atoms with Gasteiger partial charge in [-0.05, 0) is 42.3 Å². The largest absolute Gasteiger partial charge is 0.494 e. The monoisotopic (exact) mass is 433 g/mol. The number of rotatable bonds is 6. The Morgan fingerprint density at radius 3 is 2.50 bits per heavy atom. The lowest BCUT2D eigenvalue weighted by Gasteiger charge is -2.23. The van der Waals surface area contributed by atoms with Crippen LogP contribution in [0.3, 0.4) is 0 Å². The number of hydrogen-bond acceptors (Lipinski definition) is 4. The van der Waals surface area contributed by atoms with Gasteiger partial charge in [0.15, 0.2) is 11.6 Å². The fourth-order valence-corrected chi connectivity index (χ4v) is 3.37. The predicted octanol–water partition coefficient (Wildman–Crippen LogP) is 2.91. The smallest absolute Gasteiger partial charge is 0.325 e. The Balaban J connectivity index is 1.70. The van der Waals surface area contributed by atoms with E-state index in [4.69, 9.17) is 16.3 Å². The van der Waals surface area contributed by atoms with Crippen molar-refractivity contribution in [1.29, 1.82) is 0 Å². The normalized spacial score (nSPS) is 18.4. The van der Waals surface area contributed by atoms with Gasteiger partial charge in [0, 0.05) is 18.6 Å². The number of carbonyl (C=O) groups is 3. The zero-order chi connectivity index (χ0) is 22.1. The lowest BCUT2D eigenvalue weighted by atomic mass is 9.92. The highest BCUT2D eigenvalue weighted by atomic mass is 35.5. The number of imide groups is 1. The summed E-state index contributed by atoms with van der Waals surface area (Å²) in [5.41, 5.74) is -0.186. The molecule has 1 heterocycles. The summed E-state index contributed by atoms with van der Waals surface area (Å²) in [5, 5.41) is 3.14. The molecular weight excluding hydrogens is 413 g/mol. The SMILES string of the molecule is COc1ccc(CN(C)C(=O)CN2C(=O)NC(C)(c3ccc(Cl)cc3)C2=O)cc1F. The summed E-state index contributed by atoms with van der Waals surface area (Å²) < 4.78 is 18.7. The molecule has 2 aromatic carbocycles. The Labute approximate surface area is 178 Å². The van der Waals surface area contributed by atoms with E-state index in [-0.39, 0.29) is 12.3 Å². The van der Waals surface area contributed by atoms with Gasteiger partial charge >= 0.3 is 6.03 Å². The van der Waals surface area contributed by atoms with Gasteiger partial charge in [-0.15, -0.1) is 0 Å². The second-order valence-electron chi connectivity index (χ2n) is 7.17. The molecule has 0 spiro atoms. The minimum Gasteiger partial charge on any atom is -0.494 e. The number of carbonyl (C=O) groups excluding carboxylic acids is 3. The molecule has 7 nitrogen and oxygen atoms in total. The molecule has 158 valence electrons. The van der Waals surface area contributed by atoms with Gasteiger partial charge in [-0.3, -0.25) is 14.5 Å². The third kappa shape index (κ3) is 4.09. The molecule has 9 heteroatoms. The van der Waals surface area contributed by atoms with Crippen molar-refractivity contribution in [2.24, 2.45) is 0 Å². The van der Waals surface area contributed by atoms with Crippen LogP contribution in [0.4, 0.5) is 9.18 Å². The van der Waals surface area contributed by atoms with Crippen molar-refractivity contribution in [3.05, 3.63) is 64.4 Å². The van der Waals surface area contributed by atoms with Gasteiger partial charge < -0.3 is 15.0 Å². The standard InChI is InChI=1S/C21H21ClFN3O4/c1-21(14-5-7-15(22)8-6-14)19(28)26(20(29)24-21)12-18(27)25(2)11-13-4-9-17(30-3)16(23)10-13/h4-10H,11-12H2,1-3H3,(H,24,29). The van der Waals surface area contributed by atoms with Gasteiger partial charge in [-0.2, -0.15) is 0 Å². The maximum Gasteiger partial charge on any atom is 0.325 e. The lowest BCUT2D eigenvalue weighted by Crippen LogP contribution is -2.43. The Morgan fingerprint density at radius 1 is 1.23 bits per heavy atom. The van der Waals surface area contributed by atoms with E-state index in [1.54, 1.807) is 37.3 Å². The summed E-state index contributed by atoms with van der Waals surface area (Å²) in [5.74, 6) is -1.43. The molecule has 1 aliphatic rings. The summed E-state index contributed by atoms with van der Waals surface area (Å²) in [4.78, 5) is 40.1. The molecule has 0 radical (unpaired) electrons. The highest BCUT2D eigenvalue weighted by Gasteiger charge is 2.49. The van der Waals surface area contributed by atoms with Crippen LogP contribution in [0.15, 0.2) is 42.5 Å². The van der Waals surface area contributed by atoms with E-state index in [2.05, 4.69) is 5.32 Å². The van der Waals surface area contributed by atoms with E-state index >= 15 is 0 Å². The van der Waals surface area contributed by atoms with Crippen LogP contribution in [0, 0.1) is 5.82 Å². The van der Waals surface area contributed by atoms with Gasteiger partial charge in [0.25, 0.3) is 5.91 Å². The summed E-state index contributed by atoms with van der Waals surface area (Å²) in [6.45, 7) is 1.26. The van der Waals surface area contributed by atoms with Gasteiger partial charge in [0.1, 0.15) is 12.1 Å². The van der Waals surface area contributed by atoms with Crippen LogP contribution in [-0.4, -0.2) is 48.3 Å². The molecule has 1 N–H and O–H groups in total. The van der Waals surface area contributed by atoms with Crippen LogP contribution in [0.5, 0.6) is 5.75 Å². The van der Waals surface area contributed by atoms with Crippen LogP contribution >= 0.6 is 11.6 Å². The van der Waals surface area contributed by atoms with E-state index in [1.807, 2.05) is 0 Å². The van der Waals surface area contributed by atoms with Crippen molar-refractivity contribution < 1.29 is 23.5 Å². The van der Waals surface area contributed by atoms with Crippen molar-refractivity contribution in [3.63, 3.8) is 0 Å². The zero-order valence-electron chi connectivity index (χ0n) is 16.7. The fraction of sp³-hybridized carbons (Fsp3) is 0.286. The minimum absolute atomic E-state index is 0.105. The molecule has 1 fully saturated rings. The van der Waals surface area contributed by atoms with Crippen LogP contribution in [0.2, 0.25) is 5.02 Å². The second-order valence-corrected chi connectivity index (χ2v) is 7.61. The second kappa shape index (κ2) is 8.31. The van der Waals surface area contributed by atoms with Gasteiger partial charge in [-0.1, -0.05) is 29.8 Å². The van der Waals surface area contributed by atoms with Crippen LogP contribution in [0.25, 0.3) is 0 Å². The third-order valence-electron chi connectivity index (χ3n) is 5.05. The van der Waals surface area contributed by atoms with Gasteiger partial charge in [0.05, 0.1) is 7.11 Å². The van der Waals surface area contributed by atoms with Crippen molar-refractivity contribution in [2.45, 2.75) is 19.0 Å². The first-order valence-corrected chi connectivity index (χ1v) is 9.50. The molecule has 1 saturated heterocycles. The first-order valence-electron chi connectivity index (χ1n) is 9.12. The molecule has 1 atom stereocenters. The molecule has 2 aromatic rings. The minimum atomic E-state index is -1.29. The van der Waals surface area contributed by atoms with Crippen molar-refractivity contribution in [3.8, 4) is 5.75 Å². The molecule has 1 aliphatic heterocycles. The molecule has 1 unspecified atom stereocenters. The van der Waals surface area contributed by atoms with E-state index in [9.17, 15) is 18.8 Å². The molecule has 0 bridgehead atoms. The number of urea groups is 1. The van der Waals surface area contributed by atoms with Crippen molar-refractivity contribution in [1.82, 2.24) is 15.1 Å². The molecule has 30 heavy (non-hydrogen) atoms. The van der Waals surface area contributed by atoms with Crippen molar-refractivity contribution >= 4 is 29.4 Å². The predicted molar refractivity (Wildman–Crippen MR) is 108 cm³/mol. The van der Waals surface area contributed by atoms with Gasteiger partial charge in [0.2, 0.25) is 5.91 Å². The van der Waals surface area contributed by atoms with Crippen LogP contribution < -0.4 is 10.1 Å². The van der Waals surface area contributed by atoms with E-state index in [0.29, 0.717) is 16.1 Å². The summed E-state index contributed by atoms with van der Waals surface area (Å²) in [6, 6.07) is 10.3. The fourth-order valence-electron chi connectivity index (χ4n) is 3.25. The maximum absolute atomic E-state index is 13.9. The molecular formula is C21H21ClFN3O4. The number of ether oxygens (including phenoxy) is 1. The number of benzene rings is 2. The first kappa shape index (κ1) is 21.6. The summed E-state index contributed by atoms with van der Waals surface area (Å²) >= 11 is 5.89. The number of methoxy groups -OCH3 is 1. The Hall–Kier alpha value is -3.13. The van der Waals surface area contributed by atoms with Gasteiger partial charge in [-0.25, -0.2) is 9.18 Å². The number of hydrogen-bond donors (Lipinski definition) is 1. The number of amides is 4. The average molecular weight is 434 g/mol. The van der Waals surface area contributed by atoms with E-state index < -0.39 is 35.7 Å². The molecule has 0 saturated carbocycles. The number of halogens is 2. The third-order valence-corrected chi connectivity index (χ3v) is 5.30. The Kier molecular flexibility index (Phi) is 5.98. The maximum atomic E-state index is 13.9. The first-order chi connectivity index (χ1) is 14.2. The molecule has 4 amide bonds. The number of likely N-dealkylation sites (N-methyl/N-ethyl adjacent to an activating group) is 1. The quantitative estimate of drug-likeness (QED) is 0.710. The van der Waals surface area contributed by atoms with Crippen LogP contribution in [0.1, 0.15) is 18.1 Å². The summed E-state index contributed by atoms with van der Waals surface area (Å²) in [7, 11) is 2.88. The number of nitrogens with one attached hydrogen (secondary N) is 1. The Morgan fingerprint density at radius 2 is 1.90 bits per heavy atom. The number of nitrogens with zero attached hydrogens (tertiary/aromatic N) is 2. The Bertz CT molecular complexity index is 998. The highest BCUT2D eigenvalue weighted by Crippen LogP contribution is 2.29. The zero-order valence-corrected chi connectivity index (χ0v) is 17.5. The van der Waals surface area contributed by atoms with Crippen molar-refractivity contribution in [2.75, 3.05) is 20.7 Å².